The summed E-state index contributed by atoms with van der Waals surface area (Å²) >= 11 is 0. The van der Waals surface area contributed by atoms with E-state index in [0.717, 1.165) is 0 Å². The van der Waals surface area contributed by atoms with E-state index < -0.39 is 11.7 Å². The Bertz CT molecular complexity index is 324. The number of carbonyl (C=O) groups is 2. The molecule has 90 valence electrons. The molecule has 2 amide bonds. The van der Waals surface area contributed by atoms with E-state index in [1.807, 2.05) is 20.8 Å². The highest BCUT2D eigenvalue weighted by molar-refractivity contribution is 5.73. The third kappa shape index (κ3) is 1.91. The van der Waals surface area contributed by atoms with Gasteiger partial charge in [-0.15, -0.1) is 0 Å². The lowest BCUT2D eigenvalue weighted by Gasteiger charge is -2.25. The quantitative estimate of drug-likeness (QED) is 0.627. The number of rotatable bonds is 0. The average molecular weight is 228 g/mol. The molecule has 6 heteroatoms. The monoisotopic (exact) mass is 228 g/mol. The first kappa shape index (κ1) is 11.0. The SMILES string of the molecule is CC(C)(C)OC(=O)N1CC2C(C1)N2C(=O)O. The van der Waals surface area contributed by atoms with Gasteiger partial charge in [-0.25, -0.2) is 9.59 Å². The van der Waals surface area contributed by atoms with Gasteiger partial charge in [-0.1, -0.05) is 0 Å². The Balaban J connectivity index is 1.85. The number of fused-ring (bicyclic) bond motifs is 1. The Morgan fingerprint density at radius 1 is 1.25 bits per heavy atom. The van der Waals surface area contributed by atoms with Crippen LogP contribution in [-0.2, 0) is 4.74 Å². The molecule has 0 bridgehead atoms. The lowest BCUT2D eigenvalue weighted by molar-refractivity contribution is 0.0258. The number of carbonyl (C=O) groups excluding carboxylic acids is 1. The van der Waals surface area contributed by atoms with Crippen LogP contribution < -0.4 is 0 Å². The van der Waals surface area contributed by atoms with Crippen molar-refractivity contribution in [2.24, 2.45) is 0 Å². The van der Waals surface area contributed by atoms with Crippen LogP contribution in [0.25, 0.3) is 0 Å². The van der Waals surface area contributed by atoms with E-state index in [1.165, 1.54) is 4.90 Å². The van der Waals surface area contributed by atoms with Crippen LogP contribution in [0.2, 0.25) is 0 Å². The zero-order chi connectivity index (χ0) is 12.1. The number of hydrogen-bond donors (Lipinski definition) is 1. The molecule has 0 saturated carbocycles. The van der Waals surface area contributed by atoms with Crippen molar-refractivity contribution in [3.8, 4) is 0 Å². The van der Waals surface area contributed by atoms with Gasteiger partial charge in [-0.05, 0) is 20.8 Å². The van der Waals surface area contributed by atoms with Crippen LogP contribution >= 0.6 is 0 Å². The molecule has 6 nitrogen and oxygen atoms in total. The fraction of sp³-hybridized carbons (Fsp3) is 0.800. The van der Waals surface area contributed by atoms with Crippen molar-refractivity contribution in [3.63, 3.8) is 0 Å². The predicted octanol–water partition coefficient (Wildman–Crippen LogP) is 0.968. The summed E-state index contributed by atoms with van der Waals surface area (Å²) in [6.07, 6.45) is -1.26. The molecule has 2 rings (SSSR count). The molecule has 0 spiro atoms. The molecular weight excluding hydrogens is 212 g/mol. The number of piperazine rings is 1. The molecule has 2 aliphatic heterocycles. The lowest BCUT2D eigenvalue weighted by Crippen LogP contribution is -2.39. The fourth-order valence-electron chi connectivity index (χ4n) is 2.04. The summed E-state index contributed by atoms with van der Waals surface area (Å²) in [7, 11) is 0. The molecule has 2 unspecified atom stereocenters. The van der Waals surface area contributed by atoms with E-state index in [4.69, 9.17) is 9.84 Å². The minimum atomic E-state index is -0.904. The summed E-state index contributed by atoms with van der Waals surface area (Å²) < 4.78 is 5.21. The van der Waals surface area contributed by atoms with E-state index in [-0.39, 0.29) is 18.2 Å². The molecule has 0 radical (unpaired) electrons. The van der Waals surface area contributed by atoms with Gasteiger partial charge in [-0.2, -0.15) is 0 Å². The lowest BCUT2D eigenvalue weighted by atomic mass is 10.2. The van der Waals surface area contributed by atoms with Crippen LogP contribution in [0, 0.1) is 0 Å². The van der Waals surface area contributed by atoms with Gasteiger partial charge in [0.15, 0.2) is 0 Å². The summed E-state index contributed by atoms with van der Waals surface area (Å²) in [5.74, 6) is 0. The third-order valence-corrected chi connectivity index (χ3v) is 2.76. The molecule has 2 aliphatic rings. The normalized spacial score (nSPS) is 27.7. The van der Waals surface area contributed by atoms with Crippen molar-refractivity contribution in [1.29, 1.82) is 0 Å². The molecule has 0 aromatic rings. The standard InChI is InChI=1S/C10H16N2O4/c1-10(2,3)16-9(15)11-4-6-7(5-11)12(6)8(13)14/h6-7H,4-5H2,1-3H3,(H,13,14). The van der Waals surface area contributed by atoms with Crippen molar-refractivity contribution in [1.82, 2.24) is 9.80 Å². The van der Waals surface area contributed by atoms with Gasteiger partial charge in [0.1, 0.15) is 5.60 Å². The van der Waals surface area contributed by atoms with E-state index in [0.29, 0.717) is 13.1 Å². The first-order chi connectivity index (χ1) is 7.29. The molecule has 2 atom stereocenters. The fourth-order valence-corrected chi connectivity index (χ4v) is 2.04. The van der Waals surface area contributed by atoms with Gasteiger partial charge in [0.05, 0.1) is 12.1 Å². The number of nitrogens with zero attached hydrogens (tertiary/aromatic N) is 2. The molecule has 2 fully saturated rings. The number of likely N-dealkylation sites (tertiary alicyclic amines) is 1. The predicted molar refractivity (Wildman–Crippen MR) is 55.2 cm³/mol. The van der Waals surface area contributed by atoms with Crippen LogP contribution in [0.4, 0.5) is 9.59 Å². The van der Waals surface area contributed by atoms with Gasteiger partial charge in [0.2, 0.25) is 0 Å². The Labute approximate surface area is 93.8 Å². The second-order valence-electron chi connectivity index (χ2n) is 5.21. The van der Waals surface area contributed by atoms with Crippen LogP contribution in [0.3, 0.4) is 0 Å². The Kier molecular flexibility index (Phi) is 2.25. The van der Waals surface area contributed by atoms with E-state index in [9.17, 15) is 9.59 Å². The van der Waals surface area contributed by atoms with E-state index >= 15 is 0 Å². The summed E-state index contributed by atoms with van der Waals surface area (Å²) in [6.45, 7) is 6.33. The second-order valence-corrected chi connectivity index (χ2v) is 5.21. The van der Waals surface area contributed by atoms with Crippen LogP contribution in [-0.4, -0.2) is 57.9 Å². The number of ether oxygens (including phenoxy) is 1. The molecule has 0 aromatic carbocycles. The van der Waals surface area contributed by atoms with Gasteiger partial charge in [0.25, 0.3) is 0 Å². The van der Waals surface area contributed by atoms with Gasteiger partial charge < -0.3 is 14.7 Å². The molecule has 2 saturated heterocycles. The average Bonchev–Trinajstić information content (AvgIpc) is 2.60. The maximum atomic E-state index is 11.6. The van der Waals surface area contributed by atoms with Gasteiger partial charge in [-0.3, -0.25) is 4.90 Å². The van der Waals surface area contributed by atoms with Crippen LogP contribution in [0.1, 0.15) is 20.8 Å². The molecule has 2 heterocycles. The van der Waals surface area contributed by atoms with Crippen molar-refractivity contribution < 1.29 is 19.4 Å². The molecule has 0 aromatic heterocycles. The third-order valence-electron chi connectivity index (χ3n) is 2.76. The zero-order valence-corrected chi connectivity index (χ0v) is 9.64. The van der Waals surface area contributed by atoms with E-state index in [1.54, 1.807) is 4.90 Å². The highest BCUT2D eigenvalue weighted by Crippen LogP contribution is 2.35. The minimum absolute atomic E-state index is 0.0231. The highest BCUT2D eigenvalue weighted by atomic mass is 16.6. The summed E-state index contributed by atoms with van der Waals surface area (Å²) in [4.78, 5) is 25.3. The maximum Gasteiger partial charge on any atom is 0.410 e. The first-order valence-electron chi connectivity index (χ1n) is 5.29. The number of amides is 2. The molecule has 16 heavy (non-hydrogen) atoms. The van der Waals surface area contributed by atoms with E-state index in [2.05, 4.69) is 0 Å². The maximum absolute atomic E-state index is 11.6. The minimum Gasteiger partial charge on any atom is -0.465 e. The molecule has 1 N–H and O–H groups in total. The summed E-state index contributed by atoms with van der Waals surface area (Å²) in [6, 6.07) is -0.0463. The Morgan fingerprint density at radius 3 is 2.12 bits per heavy atom. The number of hydrogen-bond acceptors (Lipinski definition) is 3. The largest absolute Gasteiger partial charge is 0.465 e. The Hall–Kier alpha value is -1.46. The van der Waals surface area contributed by atoms with Crippen LogP contribution in [0.15, 0.2) is 0 Å². The van der Waals surface area contributed by atoms with Crippen molar-refractivity contribution >= 4 is 12.2 Å². The topological polar surface area (TPSA) is 69.8 Å². The molecular formula is C10H16N2O4. The smallest absolute Gasteiger partial charge is 0.410 e. The van der Waals surface area contributed by atoms with Crippen molar-refractivity contribution in [2.75, 3.05) is 13.1 Å². The summed E-state index contributed by atoms with van der Waals surface area (Å²) in [5.41, 5.74) is -0.504. The number of carboxylic acid groups (broad SMARTS) is 1. The second kappa shape index (κ2) is 3.26. The van der Waals surface area contributed by atoms with Gasteiger partial charge >= 0.3 is 12.2 Å². The molecule has 0 aliphatic carbocycles. The van der Waals surface area contributed by atoms with Crippen LogP contribution in [0.5, 0.6) is 0 Å². The van der Waals surface area contributed by atoms with Crippen molar-refractivity contribution in [3.05, 3.63) is 0 Å². The zero-order valence-electron chi connectivity index (χ0n) is 9.64. The first-order valence-corrected chi connectivity index (χ1v) is 5.29. The Morgan fingerprint density at radius 2 is 1.75 bits per heavy atom. The highest BCUT2D eigenvalue weighted by Gasteiger charge is 2.58. The van der Waals surface area contributed by atoms with Crippen molar-refractivity contribution in [2.45, 2.75) is 38.5 Å². The van der Waals surface area contributed by atoms with Gasteiger partial charge in [0, 0.05) is 13.1 Å². The summed E-state index contributed by atoms with van der Waals surface area (Å²) in [5, 5.41) is 8.76.